The monoisotopic (exact) mass is 291 g/mol. The Bertz CT molecular complexity index is 450. The molecular formula is C16H21NO4. The lowest BCUT2D eigenvalue weighted by Gasteiger charge is -2.06. The summed E-state index contributed by atoms with van der Waals surface area (Å²) in [5.41, 5.74) is 1.52. The number of aliphatic hydroxyl groups is 1. The molecule has 0 bridgehead atoms. The molecule has 0 aliphatic carbocycles. The van der Waals surface area contributed by atoms with Gasteiger partial charge >= 0.3 is 0 Å². The Morgan fingerprint density at radius 1 is 1.14 bits per heavy atom. The second-order valence-corrected chi connectivity index (χ2v) is 4.32. The van der Waals surface area contributed by atoms with E-state index in [-0.39, 0.29) is 12.5 Å². The van der Waals surface area contributed by atoms with Gasteiger partial charge < -0.3 is 19.9 Å². The lowest BCUT2D eigenvalue weighted by Crippen LogP contribution is -2.13. The number of aliphatic hydroxyl groups excluding tert-OH is 1. The third-order valence-electron chi connectivity index (χ3n) is 2.64. The van der Waals surface area contributed by atoms with Crippen LogP contribution in [-0.2, 0) is 14.3 Å². The van der Waals surface area contributed by atoms with Crippen molar-refractivity contribution in [1.29, 1.82) is 0 Å². The first-order valence-corrected chi connectivity index (χ1v) is 6.89. The zero-order valence-electron chi connectivity index (χ0n) is 12.0. The average Bonchev–Trinajstić information content (AvgIpc) is 2.50. The van der Waals surface area contributed by atoms with Crippen LogP contribution in [-0.4, -0.2) is 44.0 Å². The minimum absolute atomic E-state index is 0.0164. The molecule has 1 aromatic carbocycles. The van der Waals surface area contributed by atoms with Gasteiger partial charge in [0.1, 0.15) is 0 Å². The van der Waals surface area contributed by atoms with Gasteiger partial charge in [0.15, 0.2) is 0 Å². The van der Waals surface area contributed by atoms with Crippen molar-refractivity contribution in [3.63, 3.8) is 0 Å². The van der Waals surface area contributed by atoms with E-state index in [2.05, 4.69) is 11.2 Å². The number of ether oxygens (including phenoxy) is 2. The molecule has 1 rings (SSSR count). The van der Waals surface area contributed by atoms with Gasteiger partial charge in [-0.05, 0) is 30.7 Å². The molecule has 0 aliphatic rings. The van der Waals surface area contributed by atoms with Gasteiger partial charge in [-0.3, -0.25) is 4.79 Å². The number of carbonyl (C=O) groups is 1. The molecule has 0 aromatic heterocycles. The predicted octanol–water partition coefficient (Wildman–Crippen LogP) is 1.41. The number of hydrogen-bond acceptors (Lipinski definition) is 4. The number of hydrogen-bond donors (Lipinski definition) is 2. The van der Waals surface area contributed by atoms with Gasteiger partial charge in [-0.1, -0.05) is 5.92 Å². The van der Waals surface area contributed by atoms with E-state index < -0.39 is 0 Å². The number of nitrogens with one attached hydrogen (secondary N) is 1. The second-order valence-electron chi connectivity index (χ2n) is 4.32. The lowest BCUT2D eigenvalue weighted by atomic mass is 10.2. The van der Waals surface area contributed by atoms with Crippen molar-refractivity contribution in [1.82, 2.24) is 0 Å². The Kier molecular flexibility index (Phi) is 8.89. The number of amides is 1. The first kappa shape index (κ1) is 17.2. The fourth-order valence-electron chi connectivity index (χ4n) is 1.59. The summed E-state index contributed by atoms with van der Waals surface area (Å²) in [5.74, 6) is 2.47. The van der Waals surface area contributed by atoms with Crippen LogP contribution < -0.4 is 5.32 Å². The molecule has 0 saturated carbocycles. The van der Waals surface area contributed by atoms with Crippen LogP contribution in [0.5, 0.6) is 0 Å². The molecule has 0 fully saturated rings. The average molecular weight is 291 g/mol. The molecular weight excluding hydrogens is 270 g/mol. The van der Waals surface area contributed by atoms with Gasteiger partial charge in [-0.2, -0.15) is 0 Å². The zero-order valence-corrected chi connectivity index (χ0v) is 12.0. The van der Waals surface area contributed by atoms with Crippen molar-refractivity contribution in [3.05, 3.63) is 29.8 Å². The van der Waals surface area contributed by atoms with Crippen molar-refractivity contribution >= 4 is 11.6 Å². The number of benzene rings is 1. The number of rotatable bonds is 10. The highest BCUT2D eigenvalue weighted by atomic mass is 16.5. The Balaban J connectivity index is 2.07. The maximum atomic E-state index is 11.7. The Morgan fingerprint density at radius 3 is 2.43 bits per heavy atom. The van der Waals surface area contributed by atoms with Crippen molar-refractivity contribution < 1.29 is 19.4 Å². The fourth-order valence-corrected chi connectivity index (χ4v) is 1.59. The van der Waals surface area contributed by atoms with Crippen LogP contribution in [0.1, 0.15) is 18.4 Å². The van der Waals surface area contributed by atoms with E-state index >= 15 is 0 Å². The van der Waals surface area contributed by atoms with Crippen LogP contribution in [0.25, 0.3) is 0 Å². The molecule has 0 radical (unpaired) electrons. The Hall–Kier alpha value is -1.87. The van der Waals surface area contributed by atoms with Gasteiger partial charge in [-0.15, -0.1) is 6.42 Å². The molecule has 21 heavy (non-hydrogen) atoms. The molecule has 0 heterocycles. The number of anilines is 1. The SMILES string of the molecule is C#Cc1ccc(NC(=O)CCCOCCOCCO)cc1. The van der Waals surface area contributed by atoms with Crippen molar-refractivity contribution in [2.75, 3.05) is 38.4 Å². The largest absolute Gasteiger partial charge is 0.394 e. The lowest BCUT2D eigenvalue weighted by molar-refractivity contribution is -0.116. The zero-order chi connectivity index (χ0) is 15.3. The highest BCUT2D eigenvalue weighted by Crippen LogP contribution is 2.09. The summed E-state index contributed by atoms with van der Waals surface area (Å²) < 4.78 is 10.3. The van der Waals surface area contributed by atoms with Gasteiger partial charge in [0.05, 0.1) is 26.4 Å². The summed E-state index contributed by atoms with van der Waals surface area (Å²) in [4.78, 5) is 11.7. The molecule has 114 valence electrons. The first-order chi connectivity index (χ1) is 10.3. The molecule has 0 atom stereocenters. The van der Waals surface area contributed by atoms with Gasteiger partial charge in [0.25, 0.3) is 0 Å². The summed E-state index contributed by atoms with van der Waals surface area (Å²) in [6.07, 6.45) is 6.31. The molecule has 0 aliphatic heterocycles. The third-order valence-corrected chi connectivity index (χ3v) is 2.64. The van der Waals surface area contributed by atoms with E-state index in [1.165, 1.54) is 0 Å². The van der Waals surface area contributed by atoms with Gasteiger partial charge in [0.2, 0.25) is 5.91 Å². The Labute approximate surface area is 125 Å². The normalized spacial score (nSPS) is 10.1. The second kappa shape index (κ2) is 10.9. The topological polar surface area (TPSA) is 67.8 Å². The van der Waals surface area contributed by atoms with Crippen LogP contribution in [0, 0.1) is 12.3 Å². The highest BCUT2D eigenvalue weighted by Gasteiger charge is 2.02. The van der Waals surface area contributed by atoms with Crippen LogP contribution >= 0.6 is 0 Å². The first-order valence-electron chi connectivity index (χ1n) is 6.89. The quantitative estimate of drug-likeness (QED) is 0.505. The number of terminal acetylenes is 1. The molecule has 5 heteroatoms. The van der Waals surface area contributed by atoms with Gasteiger partial charge in [-0.25, -0.2) is 0 Å². The maximum absolute atomic E-state index is 11.7. The van der Waals surface area contributed by atoms with Crippen LogP contribution in [0.2, 0.25) is 0 Å². The van der Waals surface area contributed by atoms with E-state index in [1.807, 2.05) is 0 Å². The molecule has 0 unspecified atom stereocenters. The number of carbonyl (C=O) groups excluding carboxylic acids is 1. The van der Waals surface area contributed by atoms with E-state index in [0.29, 0.717) is 39.3 Å². The van der Waals surface area contributed by atoms with E-state index in [4.69, 9.17) is 21.0 Å². The third kappa shape index (κ3) is 8.10. The summed E-state index contributed by atoms with van der Waals surface area (Å²) in [5, 5.41) is 11.3. The molecule has 0 saturated heterocycles. The molecule has 0 spiro atoms. The van der Waals surface area contributed by atoms with Crippen LogP contribution in [0.15, 0.2) is 24.3 Å². The molecule has 5 nitrogen and oxygen atoms in total. The predicted molar refractivity (Wildman–Crippen MR) is 81.0 cm³/mol. The summed E-state index contributed by atoms with van der Waals surface area (Å²) in [6, 6.07) is 7.13. The molecule has 1 aromatic rings. The molecule has 1 amide bonds. The standard InChI is InChI=1S/C16H21NO4/c1-2-14-5-7-15(8-6-14)17-16(19)4-3-10-20-12-13-21-11-9-18/h1,5-8,18H,3-4,9-13H2,(H,17,19). The summed E-state index contributed by atoms with van der Waals surface area (Å²) in [6.45, 7) is 1.77. The van der Waals surface area contributed by atoms with Crippen LogP contribution in [0.4, 0.5) is 5.69 Å². The van der Waals surface area contributed by atoms with Crippen molar-refractivity contribution in [3.8, 4) is 12.3 Å². The van der Waals surface area contributed by atoms with Gasteiger partial charge in [0, 0.05) is 24.3 Å². The van der Waals surface area contributed by atoms with E-state index in [1.54, 1.807) is 24.3 Å². The fraction of sp³-hybridized carbons (Fsp3) is 0.438. The van der Waals surface area contributed by atoms with Crippen molar-refractivity contribution in [2.24, 2.45) is 0 Å². The Morgan fingerprint density at radius 2 is 1.81 bits per heavy atom. The van der Waals surface area contributed by atoms with E-state index in [9.17, 15) is 4.79 Å². The minimum Gasteiger partial charge on any atom is -0.394 e. The van der Waals surface area contributed by atoms with Crippen LogP contribution in [0.3, 0.4) is 0 Å². The summed E-state index contributed by atoms with van der Waals surface area (Å²) in [7, 11) is 0. The molecule has 2 N–H and O–H groups in total. The highest BCUT2D eigenvalue weighted by molar-refractivity contribution is 5.90. The smallest absolute Gasteiger partial charge is 0.224 e. The maximum Gasteiger partial charge on any atom is 0.224 e. The summed E-state index contributed by atoms with van der Waals surface area (Å²) >= 11 is 0. The van der Waals surface area contributed by atoms with Crippen molar-refractivity contribution in [2.45, 2.75) is 12.8 Å². The van der Waals surface area contributed by atoms with E-state index in [0.717, 1.165) is 11.3 Å². The minimum atomic E-state index is -0.0522.